The lowest BCUT2D eigenvalue weighted by Gasteiger charge is -2.04. The topological polar surface area (TPSA) is 73.1 Å². The normalized spacial score (nSPS) is 10.1. The smallest absolute Gasteiger partial charge is 0.222 e. The molecule has 5 nitrogen and oxygen atoms in total. The van der Waals surface area contributed by atoms with Crippen molar-refractivity contribution in [2.75, 3.05) is 37.0 Å². The molecule has 0 aromatic carbocycles. The van der Waals surface area contributed by atoms with E-state index in [1.807, 2.05) is 0 Å². The van der Waals surface area contributed by atoms with Crippen LogP contribution >= 0.6 is 21.6 Å². The number of ether oxygens (including phenoxy) is 1. The molecule has 1 rings (SSSR count). The molecule has 90 valence electrons. The molecule has 0 saturated carbocycles. The van der Waals surface area contributed by atoms with Gasteiger partial charge >= 0.3 is 0 Å². The highest BCUT2D eigenvalue weighted by Gasteiger charge is 1.96. The van der Waals surface area contributed by atoms with Gasteiger partial charge in [-0.05, 0) is 0 Å². The maximum atomic E-state index is 5.38. The molecule has 1 aromatic rings. The van der Waals surface area contributed by atoms with Crippen LogP contribution in [0.15, 0.2) is 12.4 Å². The molecule has 1 aromatic heterocycles. The van der Waals surface area contributed by atoms with Crippen molar-refractivity contribution in [1.82, 2.24) is 9.97 Å². The van der Waals surface area contributed by atoms with Crippen molar-refractivity contribution in [3.8, 4) is 5.75 Å². The summed E-state index contributed by atoms with van der Waals surface area (Å²) in [6.45, 7) is 1.57. The second-order valence-electron chi connectivity index (χ2n) is 2.81. The number of methoxy groups -OCH3 is 1. The second-order valence-corrected chi connectivity index (χ2v) is 5.51. The van der Waals surface area contributed by atoms with Crippen LogP contribution in [0.25, 0.3) is 0 Å². The molecule has 0 bridgehead atoms. The number of rotatable bonds is 8. The summed E-state index contributed by atoms with van der Waals surface area (Å²) >= 11 is 0. The van der Waals surface area contributed by atoms with E-state index in [-0.39, 0.29) is 0 Å². The van der Waals surface area contributed by atoms with E-state index in [1.165, 1.54) is 0 Å². The molecule has 0 spiro atoms. The molecule has 0 unspecified atom stereocenters. The monoisotopic (exact) mass is 260 g/mol. The lowest BCUT2D eigenvalue weighted by Crippen LogP contribution is -2.07. The lowest BCUT2D eigenvalue weighted by molar-refractivity contribution is 0.411. The minimum Gasteiger partial charge on any atom is -0.494 e. The molecule has 16 heavy (non-hydrogen) atoms. The van der Waals surface area contributed by atoms with Crippen LogP contribution in [0.2, 0.25) is 0 Å². The van der Waals surface area contributed by atoms with Gasteiger partial charge < -0.3 is 15.8 Å². The van der Waals surface area contributed by atoms with Crippen LogP contribution in [0, 0.1) is 0 Å². The first-order chi connectivity index (χ1) is 7.86. The predicted molar refractivity (Wildman–Crippen MR) is 71.0 cm³/mol. The van der Waals surface area contributed by atoms with Gasteiger partial charge in [0.05, 0.1) is 19.5 Å². The number of hydrogen-bond donors (Lipinski definition) is 2. The van der Waals surface area contributed by atoms with Crippen molar-refractivity contribution in [2.24, 2.45) is 5.73 Å². The Bertz CT molecular complexity index is 283. The summed E-state index contributed by atoms with van der Waals surface area (Å²) in [4.78, 5) is 8.20. The Morgan fingerprint density at radius 3 is 2.62 bits per heavy atom. The fourth-order valence-corrected chi connectivity index (χ4v) is 2.65. The van der Waals surface area contributed by atoms with Gasteiger partial charge in [-0.3, -0.25) is 0 Å². The standard InChI is InChI=1S/C9H16N4OS2/c1-14-8-6-12-9(13-7-8)11-3-5-16-15-4-2-10/h6-7H,2-5,10H2,1H3,(H,11,12,13). The maximum Gasteiger partial charge on any atom is 0.222 e. The molecule has 0 atom stereocenters. The van der Waals surface area contributed by atoms with Gasteiger partial charge in [0.1, 0.15) is 0 Å². The highest BCUT2D eigenvalue weighted by Crippen LogP contribution is 2.19. The highest BCUT2D eigenvalue weighted by atomic mass is 33.1. The molecular formula is C9H16N4OS2. The van der Waals surface area contributed by atoms with Crippen LogP contribution in [-0.4, -0.2) is 41.7 Å². The summed E-state index contributed by atoms with van der Waals surface area (Å²) in [5.74, 6) is 3.28. The zero-order chi connectivity index (χ0) is 11.6. The number of nitrogens with zero attached hydrogens (tertiary/aromatic N) is 2. The molecule has 3 N–H and O–H groups in total. The third kappa shape index (κ3) is 5.43. The molecule has 1 heterocycles. The van der Waals surface area contributed by atoms with Crippen molar-refractivity contribution in [3.05, 3.63) is 12.4 Å². The van der Waals surface area contributed by atoms with E-state index in [9.17, 15) is 0 Å². The molecule has 0 saturated heterocycles. The van der Waals surface area contributed by atoms with Crippen molar-refractivity contribution in [2.45, 2.75) is 0 Å². The SMILES string of the molecule is COc1cnc(NCCSSCCN)nc1. The average Bonchev–Trinajstić information content (AvgIpc) is 2.34. The van der Waals surface area contributed by atoms with E-state index < -0.39 is 0 Å². The molecule has 0 aliphatic heterocycles. The molecule has 0 fully saturated rings. The van der Waals surface area contributed by atoms with Crippen molar-refractivity contribution in [1.29, 1.82) is 0 Å². The van der Waals surface area contributed by atoms with Crippen LogP contribution in [-0.2, 0) is 0 Å². The fourth-order valence-electron chi connectivity index (χ4n) is 0.883. The van der Waals surface area contributed by atoms with Crippen molar-refractivity contribution >= 4 is 27.5 Å². The van der Waals surface area contributed by atoms with Crippen LogP contribution < -0.4 is 15.8 Å². The van der Waals surface area contributed by atoms with E-state index in [0.29, 0.717) is 11.7 Å². The highest BCUT2D eigenvalue weighted by molar-refractivity contribution is 8.76. The van der Waals surface area contributed by atoms with Gasteiger partial charge in [-0.15, -0.1) is 0 Å². The Labute approximate surface area is 103 Å². The van der Waals surface area contributed by atoms with Gasteiger partial charge in [-0.1, -0.05) is 21.6 Å². The third-order valence-electron chi connectivity index (χ3n) is 1.62. The Morgan fingerprint density at radius 2 is 2.00 bits per heavy atom. The molecule has 0 aliphatic carbocycles. The van der Waals surface area contributed by atoms with Crippen LogP contribution in [0.1, 0.15) is 0 Å². The average molecular weight is 260 g/mol. The summed E-state index contributed by atoms with van der Waals surface area (Å²) in [5.41, 5.74) is 5.38. The van der Waals surface area contributed by atoms with Crippen LogP contribution in [0.3, 0.4) is 0 Å². The van der Waals surface area contributed by atoms with E-state index >= 15 is 0 Å². The first kappa shape index (κ1) is 13.4. The van der Waals surface area contributed by atoms with E-state index in [1.54, 1.807) is 41.1 Å². The number of hydrogen-bond acceptors (Lipinski definition) is 7. The summed E-state index contributed by atoms with van der Waals surface area (Å²) in [7, 11) is 5.18. The minimum atomic E-state index is 0.630. The van der Waals surface area contributed by atoms with Gasteiger partial charge in [-0.2, -0.15) is 0 Å². The van der Waals surface area contributed by atoms with Gasteiger partial charge in [0.15, 0.2) is 5.75 Å². The van der Waals surface area contributed by atoms with Crippen LogP contribution in [0.4, 0.5) is 5.95 Å². The Morgan fingerprint density at radius 1 is 1.31 bits per heavy atom. The minimum absolute atomic E-state index is 0.630. The van der Waals surface area contributed by atoms with Crippen LogP contribution in [0.5, 0.6) is 5.75 Å². The van der Waals surface area contributed by atoms with E-state index in [0.717, 1.165) is 24.6 Å². The number of nitrogens with two attached hydrogens (primary N) is 1. The fraction of sp³-hybridized carbons (Fsp3) is 0.556. The summed E-state index contributed by atoms with van der Waals surface area (Å²) in [6.07, 6.45) is 3.29. The van der Waals surface area contributed by atoms with Crippen molar-refractivity contribution in [3.63, 3.8) is 0 Å². The third-order valence-corrected chi connectivity index (χ3v) is 4.06. The van der Waals surface area contributed by atoms with E-state index in [4.69, 9.17) is 10.5 Å². The van der Waals surface area contributed by atoms with Crippen molar-refractivity contribution < 1.29 is 4.74 Å². The number of aromatic nitrogens is 2. The molecule has 7 heteroatoms. The van der Waals surface area contributed by atoms with Gasteiger partial charge in [0.25, 0.3) is 0 Å². The van der Waals surface area contributed by atoms with Gasteiger partial charge in [-0.25, -0.2) is 9.97 Å². The summed E-state index contributed by atoms with van der Waals surface area (Å²) < 4.78 is 4.97. The molecule has 0 aliphatic rings. The number of nitrogens with one attached hydrogen (secondary N) is 1. The molecule has 0 amide bonds. The molecular weight excluding hydrogens is 244 g/mol. The Hall–Kier alpha value is -0.660. The Kier molecular flexibility index (Phi) is 7.11. The summed E-state index contributed by atoms with van der Waals surface area (Å²) in [6, 6.07) is 0. The van der Waals surface area contributed by atoms with Gasteiger partial charge in [0, 0.05) is 24.6 Å². The largest absolute Gasteiger partial charge is 0.494 e. The zero-order valence-corrected chi connectivity index (χ0v) is 10.8. The first-order valence-corrected chi connectivity index (χ1v) is 7.40. The lowest BCUT2D eigenvalue weighted by atomic mass is 10.6. The Balaban J connectivity index is 2.12. The second kappa shape index (κ2) is 8.49. The number of anilines is 1. The zero-order valence-electron chi connectivity index (χ0n) is 9.18. The quantitative estimate of drug-likeness (QED) is 0.538. The summed E-state index contributed by atoms with van der Waals surface area (Å²) in [5, 5.41) is 3.13. The van der Waals surface area contributed by atoms with Gasteiger partial charge in [0.2, 0.25) is 5.95 Å². The maximum absolute atomic E-state index is 5.38. The molecule has 0 radical (unpaired) electrons. The predicted octanol–water partition coefficient (Wildman–Crippen LogP) is 1.24. The van der Waals surface area contributed by atoms with E-state index in [2.05, 4.69) is 15.3 Å². The first-order valence-electron chi connectivity index (χ1n) is 4.91.